The second kappa shape index (κ2) is 8.61. The van der Waals surface area contributed by atoms with Gasteiger partial charge < -0.3 is 19.2 Å². The molecule has 0 spiro atoms. The first-order valence-electron chi connectivity index (χ1n) is 9.17. The van der Waals surface area contributed by atoms with E-state index in [0.29, 0.717) is 11.5 Å². The topological polar surface area (TPSA) is 80.0 Å². The van der Waals surface area contributed by atoms with Crippen LogP contribution in [0.4, 0.5) is 0 Å². The molecule has 0 atom stereocenters. The summed E-state index contributed by atoms with van der Waals surface area (Å²) in [6, 6.07) is 17.0. The first-order valence-corrected chi connectivity index (χ1v) is 9.17. The van der Waals surface area contributed by atoms with Crippen molar-refractivity contribution in [2.75, 3.05) is 6.54 Å². The predicted molar refractivity (Wildman–Crippen MR) is 105 cm³/mol. The van der Waals surface area contributed by atoms with Crippen molar-refractivity contribution in [2.24, 2.45) is 0 Å². The molecule has 0 saturated heterocycles. The molecule has 0 aliphatic carbocycles. The quantitative estimate of drug-likeness (QED) is 0.628. The third-order valence-corrected chi connectivity index (χ3v) is 4.43. The molecule has 0 fully saturated rings. The zero-order valence-electron chi connectivity index (χ0n) is 15.9. The Kier molecular flexibility index (Phi) is 5.99. The Bertz CT molecular complexity index is 976. The van der Waals surface area contributed by atoms with Crippen LogP contribution in [-0.2, 0) is 11.4 Å². The van der Waals surface area contributed by atoms with E-state index in [4.69, 9.17) is 14.3 Å². The Morgan fingerprint density at radius 1 is 1.07 bits per heavy atom. The molecular weight excluding hydrogens is 358 g/mol. The smallest absolute Gasteiger partial charge is 0.305 e. The van der Waals surface area contributed by atoms with Gasteiger partial charge in [0.1, 0.15) is 18.1 Å². The number of hydrogen-bond acceptors (Lipinski definition) is 4. The standard InChI is InChI=1S/C22H23NO5/c1-15(2)23(12-11-21(24)25)22(26)20-10-9-19(28-20)14-27-18-8-7-16-5-3-4-6-17(16)13-18/h3-10,13,15H,11-12,14H2,1-2H3,(H,24,25). The van der Waals surface area contributed by atoms with Crippen molar-refractivity contribution in [3.8, 4) is 5.75 Å². The maximum Gasteiger partial charge on any atom is 0.305 e. The molecule has 3 rings (SSSR count). The van der Waals surface area contributed by atoms with Crippen molar-refractivity contribution in [3.05, 3.63) is 66.1 Å². The molecule has 6 nitrogen and oxygen atoms in total. The number of fused-ring (bicyclic) bond motifs is 1. The molecule has 0 saturated carbocycles. The van der Waals surface area contributed by atoms with Gasteiger partial charge in [0.25, 0.3) is 5.91 Å². The Balaban J connectivity index is 1.65. The summed E-state index contributed by atoms with van der Waals surface area (Å²) in [5.74, 6) is 0.151. The van der Waals surface area contributed by atoms with Gasteiger partial charge in [-0.3, -0.25) is 9.59 Å². The monoisotopic (exact) mass is 381 g/mol. The molecule has 1 amide bonds. The lowest BCUT2D eigenvalue weighted by molar-refractivity contribution is -0.137. The summed E-state index contributed by atoms with van der Waals surface area (Å²) in [6.07, 6.45) is -0.109. The molecule has 1 N–H and O–H groups in total. The fourth-order valence-corrected chi connectivity index (χ4v) is 2.93. The lowest BCUT2D eigenvalue weighted by Gasteiger charge is -2.25. The fourth-order valence-electron chi connectivity index (χ4n) is 2.93. The van der Waals surface area contributed by atoms with Crippen LogP contribution in [0, 0.1) is 0 Å². The van der Waals surface area contributed by atoms with Crippen molar-refractivity contribution in [1.82, 2.24) is 4.90 Å². The van der Waals surface area contributed by atoms with E-state index in [0.717, 1.165) is 10.8 Å². The molecule has 1 aromatic heterocycles. The lowest BCUT2D eigenvalue weighted by Crippen LogP contribution is -2.38. The summed E-state index contributed by atoms with van der Waals surface area (Å²) >= 11 is 0. The summed E-state index contributed by atoms with van der Waals surface area (Å²) in [4.78, 5) is 24.9. The van der Waals surface area contributed by atoms with Crippen molar-refractivity contribution in [2.45, 2.75) is 32.9 Å². The van der Waals surface area contributed by atoms with Crippen LogP contribution in [0.5, 0.6) is 5.75 Å². The van der Waals surface area contributed by atoms with Crippen molar-refractivity contribution in [3.63, 3.8) is 0 Å². The number of carboxylic acids is 1. The van der Waals surface area contributed by atoms with Crippen LogP contribution in [0.2, 0.25) is 0 Å². The molecule has 146 valence electrons. The van der Waals surface area contributed by atoms with Crippen molar-refractivity contribution < 1.29 is 23.8 Å². The highest BCUT2D eigenvalue weighted by Crippen LogP contribution is 2.22. The number of hydrogen-bond donors (Lipinski definition) is 1. The van der Waals surface area contributed by atoms with Gasteiger partial charge in [0.15, 0.2) is 5.76 Å². The Labute approximate surface area is 163 Å². The summed E-state index contributed by atoms with van der Waals surface area (Å²) in [5.41, 5.74) is 0. The number of aliphatic carboxylic acids is 1. The zero-order chi connectivity index (χ0) is 20.1. The molecule has 0 radical (unpaired) electrons. The van der Waals surface area contributed by atoms with Crippen molar-refractivity contribution >= 4 is 22.6 Å². The van der Waals surface area contributed by atoms with Crippen LogP contribution in [-0.4, -0.2) is 34.5 Å². The third-order valence-electron chi connectivity index (χ3n) is 4.43. The number of carbonyl (C=O) groups excluding carboxylic acids is 1. The van der Waals surface area contributed by atoms with E-state index in [1.165, 1.54) is 4.90 Å². The first-order chi connectivity index (χ1) is 13.4. The van der Waals surface area contributed by atoms with Crippen LogP contribution in [0.25, 0.3) is 10.8 Å². The van der Waals surface area contributed by atoms with Gasteiger partial charge in [0.2, 0.25) is 0 Å². The Hall–Kier alpha value is -3.28. The maximum absolute atomic E-state index is 12.6. The molecule has 0 unspecified atom stereocenters. The van der Waals surface area contributed by atoms with E-state index in [1.807, 2.05) is 56.3 Å². The van der Waals surface area contributed by atoms with E-state index in [-0.39, 0.29) is 37.3 Å². The van der Waals surface area contributed by atoms with E-state index in [9.17, 15) is 9.59 Å². The molecule has 6 heteroatoms. The van der Waals surface area contributed by atoms with E-state index < -0.39 is 5.97 Å². The van der Waals surface area contributed by atoms with Crippen LogP contribution in [0.1, 0.15) is 36.6 Å². The number of nitrogens with zero attached hydrogens (tertiary/aromatic N) is 1. The number of carbonyl (C=O) groups is 2. The molecule has 3 aromatic rings. The van der Waals surface area contributed by atoms with E-state index in [2.05, 4.69) is 0 Å². The molecule has 1 heterocycles. The van der Waals surface area contributed by atoms with Crippen LogP contribution in [0.15, 0.2) is 59.0 Å². The van der Waals surface area contributed by atoms with Gasteiger partial charge in [-0.05, 0) is 48.9 Å². The average Bonchev–Trinajstić information content (AvgIpc) is 3.15. The van der Waals surface area contributed by atoms with E-state index in [1.54, 1.807) is 12.1 Å². The summed E-state index contributed by atoms with van der Waals surface area (Å²) in [6.45, 7) is 4.01. The molecule has 0 bridgehead atoms. The van der Waals surface area contributed by atoms with Crippen LogP contribution < -0.4 is 4.74 Å². The zero-order valence-corrected chi connectivity index (χ0v) is 15.9. The molecular formula is C22H23NO5. The van der Waals surface area contributed by atoms with Gasteiger partial charge >= 0.3 is 5.97 Å². The number of benzene rings is 2. The van der Waals surface area contributed by atoms with Gasteiger partial charge in [0, 0.05) is 12.6 Å². The summed E-state index contributed by atoms with van der Waals surface area (Å²) < 4.78 is 11.4. The highest BCUT2D eigenvalue weighted by atomic mass is 16.5. The van der Waals surface area contributed by atoms with Gasteiger partial charge in [-0.2, -0.15) is 0 Å². The third kappa shape index (κ3) is 4.71. The van der Waals surface area contributed by atoms with Gasteiger partial charge in [-0.1, -0.05) is 30.3 Å². The largest absolute Gasteiger partial charge is 0.486 e. The van der Waals surface area contributed by atoms with E-state index >= 15 is 0 Å². The predicted octanol–water partition coefficient (Wildman–Crippen LogP) is 4.34. The molecule has 0 aliphatic rings. The van der Waals surface area contributed by atoms with Crippen LogP contribution >= 0.6 is 0 Å². The number of furan rings is 1. The Morgan fingerprint density at radius 3 is 2.54 bits per heavy atom. The van der Waals surface area contributed by atoms with Crippen molar-refractivity contribution in [1.29, 1.82) is 0 Å². The van der Waals surface area contributed by atoms with Crippen LogP contribution in [0.3, 0.4) is 0 Å². The minimum atomic E-state index is -0.942. The number of carboxylic acid groups (broad SMARTS) is 1. The highest BCUT2D eigenvalue weighted by Gasteiger charge is 2.22. The number of rotatable bonds is 8. The number of amides is 1. The van der Waals surface area contributed by atoms with Gasteiger partial charge in [-0.25, -0.2) is 0 Å². The SMILES string of the molecule is CC(C)N(CCC(=O)O)C(=O)c1ccc(COc2ccc3ccccc3c2)o1. The van der Waals surface area contributed by atoms with Gasteiger partial charge in [-0.15, -0.1) is 0 Å². The normalized spacial score (nSPS) is 11.0. The number of ether oxygens (including phenoxy) is 1. The average molecular weight is 381 g/mol. The first kappa shape index (κ1) is 19.5. The van der Waals surface area contributed by atoms with Gasteiger partial charge in [0.05, 0.1) is 6.42 Å². The molecule has 2 aromatic carbocycles. The minimum absolute atomic E-state index is 0.109. The summed E-state index contributed by atoms with van der Waals surface area (Å²) in [5, 5.41) is 11.1. The second-order valence-electron chi connectivity index (χ2n) is 6.80. The lowest BCUT2D eigenvalue weighted by atomic mass is 10.1. The molecule has 28 heavy (non-hydrogen) atoms. The Morgan fingerprint density at radius 2 is 1.82 bits per heavy atom. The summed E-state index contributed by atoms with van der Waals surface area (Å²) in [7, 11) is 0. The maximum atomic E-state index is 12.6. The highest BCUT2D eigenvalue weighted by molar-refractivity contribution is 5.92. The molecule has 0 aliphatic heterocycles. The minimum Gasteiger partial charge on any atom is -0.486 e. The fraction of sp³-hybridized carbons (Fsp3) is 0.273. The second-order valence-corrected chi connectivity index (χ2v) is 6.80.